The van der Waals surface area contributed by atoms with Gasteiger partial charge in [0.15, 0.2) is 0 Å². The number of nitrogens with two attached hydrogens (primary N) is 1. The van der Waals surface area contributed by atoms with Crippen molar-refractivity contribution >= 4 is 29.0 Å². The van der Waals surface area contributed by atoms with Gasteiger partial charge in [0.1, 0.15) is 11.6 Å². The van der Waals surface area contributed by atoms with E-state index < -0.39 is 12.1 Å². The summed E-state index contributed by atoms with van der Waals surface area (Å²) in [7, 11) is 0. The normalized spacial score (nSPS) is 15.0. The minimum Gasteiger partial charge on any atom is -0.406 e. The molecule has 2 heterocycles. The van der Waals surface area contributed by atoms with Crippen LogP contribution in [-0.2, 0) is 0 Å². The number of nitrogen functional groups attached to an aromatic ring is 1. The molecule has 26 heavy (non-hydrogen) atoms. The standard InChI is InChI=1S/C17H17F3N4OS/c18-17(19,20)25-12-1-2-14(21)13(10-12)16(22)11-3-4-23-15(9-11)24-5-7-26-8-6-24/h1-4,9-10,22H,5-8,21H2. The van der Waals surface area contributed by atoms with E-state index in [9.17, 15) is 13.2 Å². The Hall–Kier alpha value is -2.42. The van der Waals surface area contributed by atoms with E-state index in [0.29, 0.717) is 5.56 Å². The first-order valence-corrected chi connectivity index (χ1v) is 9.02. The maximum atomic E-state index is 12.4. The number of ether oxygens (including phenoxy) is 1. The first-order chi connectivity index (χ1) is 12.3. The number of nitrogens with zero attached hydrogens (tertiary/aromatic N) is 2. The van der Waals surface area contributed by atoms with Crippen LogP contribution in [0.25, 0.3) is 0 Å². The molecule has 138 valence electrons. The van der Waals surface area contributed by atoms with Crippen molar-refractivity contribution in [2.24, 2.45) is 0 Å². The highest BCUT2D eigenvalue weighted by atomic mass is 32.2. The molecule has 3 rings (SSSR count). The Labute approximate surface area is 152 Å². The molecule has 3 N–H and O–H groups in total. The van der Waals surface area contributed by atoms with Gasteiger partial charge in [-0.05, 0) is 30.3 Å². The second-order valence-corrected chi connectivity index (χ2v) is 6.90. The molecule has 0 unspecified atom stereocenters. The summed E-state index contributed by atoms with van der Waals surface area (Å²) in [4.78, 5) is 6.47. The van der Waals surface area contributed by atoms with Gasteiger partial charge in [0.25, 0.3) is 0 Å². The molecule has 0 amide bonds. The Balaban J connectivity index is 1.88. The highest BCUT2D eigenvalue weighted by Crippen LogP contribution is 2.28. The molecule has 2 aromatic rings. The minimum atomic E-state index is -4.80. The average molecular weight is 382 g/mol. The van der Waals surface area contributed by atoms with Crippen molar-refractivity contribution in [2.75, 3.05) is 35.2 Å². The zero-order valence-electron chi connectivity index (χ0n) is 13.7. The van der Waals surface area contributed by atoms with Crippen LogP contribution in [0.1, 0.15) is 11.1 Å². The van der Waals surface area contributed by atoms with Gasteiger partial charge in [0.2, 0.25) is 0 Å². The van der Waals surface area contributed by atoms with Crippen LogP contribution in [0, 0.1) is 5.41 Å². The molecule has 0 bridgehead atoms. The Morgan fingerprint density at radius 2 is 1.92 bits per heavy atom. The van der Waals surface area contributed by atoms with Crippen LogP contribution in [0.2, 0.25) is 0 Å². The van der Waals surface area contributed by atoms with Crippen LogP contribution in [-0.4, -0.2) is 41.7 Å². The second-order valence-electron chi connectivity index (χ2n) is 5.67. The van der Waals surface area contributed by atoms with Gasteiger partial charge < -0.3 is 15.4 Å². The minimum absolute atomic E-state index is 0.0187. The lowest BCUT2D eigenvalue weighted by atomic mass is 10.0. The lowest BCUT2D eigenvalue weighted by Crippen LogP contribution is -2.33. The monoisotopic (exact) mass is 382 g/mol. The summed E-state index contributed by atoms with van der Waals surface area (Å²) in [5, 5.41) is 8.38. The maximum Gasteiger partial charge on any atom is 0.573 e. The molecule has 0 saturated carbocycles. The third-order valence-electron chi connectivity index (χ3n) is 3.90. The molecule has 1 aliphatic rings. The molecule has 1 saturated heterocycles. The van der Waals surface area contributed by atoms with Gasteiger partial charge in [-0.25, -0.2) is 4.98 Å². The summed E-state index contributed by atoms with van der Waals surface area (Å²) in [5.74, 6) is 2.35. The van der Waals surface area contributed by atoms with E-state index in [0.717, 1.165) is 42.5 Å². The fraction of sp³-hybridized carbons (Fsp3) is 0.294. The van der Waals surface area contributed by atoms with Gasteiger partial charge in [-0.1, -0.05) is 0 Å². The molecular formula is C17H17F3N4OS. The summed E-state index contributed by atoms with van der Waals surface area (Å²) in [6.07, 6.45) is -3.21. The van der Waals surface area contributed by atoms with E-state index >= 15 is 0 Å². The van der Waals surface area contributed by atoms with Crippen molar-refractivity contribution in [1.82, 2.24) is 4.98 Å². The average Bonchev–Trinajstić information content (AvgIpc) is 2.62. The van der Waals surface area contributed by atoms with Crippen molar-refractivity contribution in [2.45, 2.75) is 6.36 Å². The number of alkyl halides is 3. The number of hydrogen-bond acceptors (Lipinski definition) is 6. The van der Waals surface area contributed by atoms with E-state index in [4.69, 9.17) is 11.1 Å². The number of pyridine rings is 1. The molecule has 1 aliphatic heterocycles. The van der Waals surface area contributed by atoms with Crippen molar-refractivity contribution in [1.29, 1.82) is 5.41 Å². The number of thioether (sulfide) groups is 1. The zero-order chi connectivity index (χ0) is 18.7. The van der Waals surface area contributed by atoms with Gasteiger partial charge in [-0.15, -0.1) is 13.2 Å². The highest BCUT2D eigenvalue weighted by molar-refractivity contribution is 7.99. The summed E-state index contributed by atoms with van der Waals surface area (Å²) in [5.41, 5.74) is 6.80. The number of hydrogen-bond donors (Lipinski definition) is 2. The smallest absolute Gasteiger partial charge is 0.406 e. The van der Waals surface area contributed by atoms with Crippen molar-refractivity contribution in [3.05, 3.63) is 47.7 Å². The molecule has 0 aliphatic carbocycles. The third kappa shape index (κ3) is 4.40. The first kappa shape index (κ1) is 18.4. The molecular weight excluding hydrogens is 365 g/mol. The van der Waals surface area contributed by atoms with Gasteiger partial charge in [0.05, 0.1) is 5.71 Å². The quantitative estimate of drug-likeness (QED) is 0.625. The number of nitrogens with one attached hydrogen (secondary N) is 1. The topological polar surface area (TPSA) is 75.2 Å². The molecule has 1 aromatic heterocycles. The van der Waals surface area contributed by atoms with E-state index in [2.05, 4.69) is 14.6 Å². The molecule has 9 heteroatoms. The molecule has 0 radical (unpaired) electrons. The molecule has 5 nitrogen and oxygen atoms in total. The van der Waals surface area contributed by atoms with Crippen LogP contribution in [0.5, 0.6) is 5.75 Å². The largest absolute Gasteiger partial charge is 0.573 e. The second kappa shape index (κ2) is 7.45. The number of halogens is 3. The molecule has 0 atom stereocenters. The van der Waals surface area contributed by atoms with Gasteiger partial charge in [-0.2, -0.15) is 11.8 Å². The molecule has 1 fully saturated rings. The zero-order valence-corrected chi connectivity index (χ0v) is 14.5. The predicted octanol–water partition coefficient (Wildman–Crippen LogP) is 3.53. The van der Waals surface area contributed by atoms with Crippen LogP contribution < -0.4 is 15.4 Å². The fourth-order valence-electron chi connectivity index (χ4n) is 2.64. The first-order valence-electron chi connectivity index (χ1n) is 7.87. The fourth-order valence-corrected chi connectivity index (χ4v) is 3.55. The van der Waals surface area contributed by atoms with Gasteiger partial charge >= 0.3 is 6.36 Å². The number of benzene rings is 1. The van der Waals surface area contributed by atoms with E-state index in [1.807, 2.05) is 11.8 Å². The number of anilines is 2. The van der Waals surface area contributed by atoms with Crippen LogP contribution >= 0.6 is 11.8 Å². The highest BCUT2D eigenvalue weighted by Gasteiger charge is 2.31. The molecule has 0 spiro atoms. The number of aromatic nitrogens is 1. The summed E-state index contributed by atoms with van der Waals surface area (Å²) < 4.78 is 41.2. The van der Waals surface area contributed by atoms with Gasteiger partial charge in [0, 0.05) is 47.6 Å². The Morgan fingerprint density at radius 1 is 1.19 bits per heavy atom. The Kier molecular flexibility index (Phi) is 5.26. The Bertz CT molecular complexity index is 807. The van der Waals surface area contributed by atoms with Crippen LogP contribution in [0.15, 0.2) is 36.5 Å². The summed E-state index contributed by atoms with van der Waals surface area (Å²) >= 11 is 1.87. The SMILES string of the molecule is N=C(c1ccnc(N2CCSCC2)c1)c1cc(OC(F)(F)F)ccc1N. The summed E-state index contributed by atoms with van der Waals surface area (Å²) in [6.45, 7) is 1.73. The van der Waals surface area contributed by atoms with E-state index in [1.165, 1.54) is 6.07 Å². The Morgan fingerprint density at radius 3 is 2.62 bits per heavy atom. The van der Waals surface area contributed by atoms with Crippen molar-refractivity contribution in [3.63, 3.8) is 0 Å². The van der Waals surface area contributed by atoms with Crippen molar-refractivity contribution in [3.8, 4) is 5.75 Å². The molecule has 1 aromatic carbocycles. The van der Waals surface area contributed by atoms with Crippen molar-refractivity contribution < 1.29 is 17.9 Å². The van der Waals surface area contributed by atoms with Crippen LogP contribution in [0.3, 0.4) is 0 Å². The summed E-state index contributed by atoms with van der Waals surface area (Å²) in [6, 6.07) is 6.96. The number of rotatable bonds is 4. The van der Waals surface area contributed by atoms with E-state index in [1.54, 1.807) is 18.3 Å². The van der Waals surface area contributed by atoms with E-state index in [-0.39, 0.29) is 17.0 Å². The predicted molar refractivity (Wildman–Crippen MR) is 97.2 cm³/mol. The maximum absolute atomic E-state index is 12.4. The third-order valence-corrected chi connectivity index (χ3v) is 4.84. The van der Waals surface area contributed by atoms with Gasteiger partial charge in [-0.3, -0.25) is 5.41 Å². The van der Waals surface area contributed by atoms with Crippen LogP contribution in [0.4, 0.5) is 24.7 Å². The lowest BCUT2D eigenvalue weighted by Gasteiger charge is -2.27. The lowest BCUT2D eigenvalue weighted by molar-refractivity contribution is -0.274.